The summed E-state index contributed by atoms with van der Waals surface area (Å²) in [5.74, 6) is 0.133. The van der Waals surface area contributed by atoms with E-state index in [-0.39, 0.29) is 5.24 Å². The van der Waals surface area contributed by atoms with Gasteiger partial charge in [0, 0.05) is 26.0 Å². The topological polar surface area (TPSA) is 93.0 Å². The molecule has 1 N–H and O–H groups in total. The Kier molecular flexibility index (Phi) is 4.61. The Balaban J connectivity index is 1.79. The summed E-state index contributed by atoms with van der Waals surface area (Å²) in [6, 6.07) is 3.65. The van der Waals surface area contributed by atoms with Crippen molar-refractivity contribution in [1.29, 1.82) is 0 Å². The van der Waals surface area contributed by atoms with E-state index in [0.717, 1.165) is 24.0 Å². The lowest BCUT2D eigenvalue weighted by Crippen LogP contribution is -2.21. The molecule has 0 radical (unpaired) electrons. The molecule has 1 aliphatic rings. The molecule has 0 spiro atoms. The molecule has 1 fully saturated rings. The van der Waals surface area contributed by atoms with Gasteiger partial charge in [0.05, 0.1) is 22.8 Å². The second-order valence-corrected chi connectivity index (χ2v) is 6.14. The van der Waals surface area contributed by atoms with Crippen LogP contribution < -0.4 is 10.2 Å². The van der Waals surface area contributed by atoms with E-state index in [1.54, 1.807) is 24.5 Å². The average molecular weight is 344 g/mol. The number of carbonyl (C=O) groups is 2. The van der Waals surface area contributed by atoms with Crippen molar-refractivity contribution in [2.24, 2.45) is 0 Å². The zero-order valence-corrected chi connectivity index (χ0v) is 14.1. The molecule has 24 heavy (non-hydrogen) atoms. The monoisotopic (exact) mass is 344 g/mol. The SMILES string of the molecule is CCn1nccc1CN(C)c1nccc(C=C2SC(=O)NC2=O)n1. The summed E-state index contributed by atoms with van der Waals surface area (Å²) in [5, 5.41) is 6.09. The van der Waals surface area contributed by atoms with Crippen LogP contribution in [-0.4, -0.2) is 37.9 Å². The van der Waals surface area contributed by atoms with Crippen molar-refractivity contribution in [1.82, 2.24) is 25.1 Å². The molecule has 1 aliphatic heterocycles. The third-order valence-corrected chi connectivity index (χ3v) is 4.24. The number of amides is 2. The molecule has 3 heterocycles. The summed E-state index contributed by atoms with van der Waals surface area (Å²) in [5.41, 5.74) is 1.63. The van der Waals surface area contributed by atoms with Crippen LogP contribution in [0.1, 0.15) is 18.3 Å². The Hall–Kier alpha value is -2.68. The number of nitrogens with one attached hydrogen (secondary N) is 1. The lowest BCUT2D eigenvalue weighted by atomic mass is 10.3. The molecule has 2 amide bonds. The number of hydrogen-bond donors (Lipinski definition) is 1. The molecule has 0 atom stereocenters. The number of rotatable bonds is 5. The molecule has 124 valence electrons. The number of carbonyl (C=O) groups excluding carboxylic acids is 2. The first-order chi connectivity index (χ1) is 11.6. The maximum Gasteiger partial charge on any atom is 0.290 e. The Morgan fingerprint density at radius 3 is 2.88 bits per heavy atom. The van der Waals surface area contributed by atoms with Gasteiger partial charge in [-0.2, -0.15) is 5.10 Å². The van der Waals surface area contributed by atoms with E-state index in [1.807, 2.05) is 29.6 Å². The van der Waals surface area contributed by atoms with E-state index >= 15 is 0 Å². The summed E-state index contributed by atoms with van der Waals surface area (Å²) in [4.78, 5) is 33.7. The summed E-state index contributed by atoms with van der Waals surface area (Å²) in [6.07, 6.45) is 4.98. The molecule has 2 aromatic heterocycles. The van der Waals surface area contributed by atoms with Gasteiger partial charge in [-0.05, 0) is 36.9 Å². The lowest BCUT2D eigenvalue weighted by molar-refractivity contribution is -0.115. The van der Waals surface area contributed by atoms with Crippen LogP contribution in [0.3, 0.4) is 0 Å². The van der Waals surface area contributed by atoms with Crippen LogP contribution in [0.5, 0.6) is 0 Å². The predicted octanol–water partition coefficient (Wildman–Crippen LogP) is 1.65. The smallest absolute Gasteiger partial charge is 0.290 e. The third-order valence-electron chi connectivity index (χ3n) is 3.43. The van der Waals surface area contributed by atoms with E-state index in [0.29, 0.717) is 23.1 Å². The van der Waals surface area contributed by atoms with Crippen molar-refractivity contribution in [2.45, 2.75) is 20.0 Å². The summed E-state index contributed by atoms with van der Waals surface area (Å²) in [7, 11) is 1.89. The largest absolute Gasteiger partial charge is 0.338 e. The molecule has 0 unspecified atom stereocenters. The van der Waals surface area contributed by atoms with Crippen molar-refractivity contribution in [3.05, 3.63) is 40.8 Å². The molecule has 9 heteroatoms. The third kappa shape index (κ3) is 3.46. The second-order valence-electron chi connectivity index (χ2n) is 5.13. The van der Waals surface area contributed by atoms with E-state index in [4.69, 9.17) is 0 Å². The first-order valence-corrected chi connectivity index (χ1v) is 8.18. The lowest BCUT2D eigenvalue weighted by Gasteiger charge is -2.17. The van der Waals surface area contributed by atoms with E-state index < -0.39 is 5.91 Å². The maximum absolute atomic E-state index is 11.6. The molecular formula is C15H16N6O2S. The number of thioether (sulfide) groups is 1. The van der Waals surface area contributed by atoms with Gasteiger partial charge < -0.3 is 4.90 Å². The molecule has 2 aromatic rings. The Morgan fingerprint density at radius 2 is 2.17 bits per heavy atom. The zero-order valence-electron chi connectivity index (χ0n) is 13.3. The number of aromatic nitrogens is 4. The van der Waals surface area contributed by atoms with E-state index in [2.05, 4.69) is 20.4 Å². The van der Waals surface area contributed by atoms with Crippen LogP contribution in [0.25, 0.3) is 6.08 Å². The Morgan fingerprint density at radius 1 is 1.33 bits per heavy atom. The van der Waals surface area contributed by atoms with Gasteiger partial charge >= 0.3 is 0 Å². The fraction of sp³-hybridized carbons (Fsp3) is 0.267. The molecule has 0 saturated carbocycles. The molecular weight excluding hydrogens is 328 g/mol. The van der Waals surface area contributed by atoms with Gasteiger partial charge in [-0.25, -0.2) is 9.97 Å². The first kappa shape index (κ1) is 16.2. The summed E-state index contributed by atoms with van der Waals surface area (Å²) in [6.45, 7) is 3.44. The number of aryl methyl sites for hydroxylation is 1. The van der Waals surface area contributed by atoms with Gasteiger partial charge in [0.25, 0.3) is 11.1 Å². The van der Waals surface area contributed by atoms with Crippen LogP contribution in [0.2, 0.25) is 0 Å². The summed E-state index contributed by atoms with van der Waals surface area (Å²) >= 11 is 0.867. The quantitative estimate of drug-likeness (QED) is 0.824. The van der Waals surface area contributed by atoms with Gasteiger partial charge in [0.1, 0.15) is 0 Å². The van der Waals surface area contributed by atoms with E-state index in [1.165, 1.54) is 0 Å². The van der Waals surface area contributed by atoms with Crippen molar-refractivity contribution < 1.29 is 9.59 Å². The minimum atomic E-state index is -0.398. The molecule has 0 aromatic carbocycles. The van der Waals surface area contributed by atoms with Crippen LogP contribution in [-0.2, 0) is 17.9 Å². The normalized spacial score (nSPS) is 15.8. The van der Waals surface area contributed by atoms with Crippen molar-refractivity contribution >= 4 is 34.9 Å². The van der Waals surface area contributed by atoms with E-state index in [9.17, 15) is 9.59 Å². The number of anilines is 1. The highest BCUT2D eigenvalue weighted by Gasteiger charge is 2.25. The van der Waals surface area contributed by atoms with Crippen molar-refractivity contribution in [3.8, 4) is 0 Å². The van der Waals surface area contributed by atoms with Crippen molar-refractivity contribution in [3.63, 3.8) is 0 Å². The number of imide groups is 1. The molecule has 8 nitrogen and oxygen atoms in total. The number of nitrogens with zero attached hydrogens (tertiary/aromatic N) is 5. The van der Waals surface area contributed by atoms with Crippen LogP contribution in [0.4, 0.5) is 10.7 Å². The Bertz CT molecular complexity index is 816. The highest BCUT2D eigenvalue weighted by molar-refractivity contribution is 8.18. The highest BCUT2D eigenvalue weighted by Crippen LogP contribution is 2.25. The minimum absolute atomic E-state index is 0.330. The predicted molar refractivity (Wildman–Crippen MR) is 91.1 cm³/mol. The van der Waals surface area contributed by atoms with Gasteiger partial charge in [-0.1, -0.05) is 0 Å². The highest BCUT2D eigenvalue weighted by atomic mass is 32.2. The van der Waals surface area contributed by atoms with Gasteiger partial charge in [0.15, 0.2) is 0 Å². The summed E-state index contributed by atoms with van der Waals surface area (Å²) < 4.78 is 1.91. The fourth-order valence-electron chi connectivity index (χ4n) is 2.27. The Labute approximate surface area is 143 Å². The van der Waals surface area contributed by atoms with Crippen LogP contribution in [0, 0.1) is 0 Å². The second kappa shape index (κ2) is 6.83. The molecule has 0 aliphatic carbocycles. The fourth-order valence-corrected chi connectivity index (χ4v) is 2.94. The molecule has 1 saturated heterocycles. The van der Waals surface area contributed by atoms with Gasteiger partial charge in [0.2, 0.25) is 5.95 Å². The van der Waals surface area contributed by atoms with Crippen molar-refractivity contribution in [2.75, 3.05) is 11.9 Å². The standard InChI is InChI=1S/C15H16N6O2S/c1-3-21-11(5-7-17-21)9-20(2)14-16-6-4-10(18-14)8-12-13(22)19-15(23)24-12/h4-8H,3,9H2,1-2H3,(H,19,22,23). The first-order valence-electron chi connectivity index (χ1n) is 7.36. The van der Waals surface area contributed by atoms with Gasteiger partial charge in [-0.15, -0.1) is 0 Å². The van der Waals surface area contributed by atoms with Crippen LogP contribution in [0.15, 0.2) is 29.4 Å². The zero-order chi connectivity index (χ0) is 17.1. The average Bonchev–Trinajstić information content (AvgIpc) is 3.13. The number of hydrogen-bond acceptors (Lipinski definition) is 7. The van der Waals surface area contributed by atoms with Gasteiger partial charge in [-0.3, -0.25) is 19.6 Å². The molecule has 0 bridgehead atoms. The maximum atomic E-state index is 11.6. The van der Waals surface area contributed by atoms with Crippen LogP contribution >= 0.6 is 11.8 Å². The minimum Gasteiger partial charge on any atom is -0.338 e. The molecule has 3 rings (SSSR count).